The maximum Gasteiger partial charge on any atom is 0.244 e. The standard InChI is InChI=1S/C15H17NO2S2/c1-11-5-7-19-14(11)4-6-16-15(18)3-2-13-8-12(9-17)10-20-13/h2-3,5,7-8,10,17H,4,6,9H2,1H3,(H,16,18). The Morgan fingerprint density at radius 1 is 1.45 bits per heavy atom. The molecule has 3 nitrogen and oxygen atoms in total. The molecule has 2 aromatic rings. The lowest BCUT2D eigenvalue weighted by Crippen LogP contribution is -2.23. The van der Waals surface area contributed by atoms with Crippen molar-refractivity contribution < 1.29 is 9.90 Å². The number of aliphatic hydroxyl groups excluding tert-OH is 1. The zero-order chi connectivity index (χ0) is 14.4. The van der Waals surface area contributed by atoms with Crippen LogP contribution >= 0.6 is 22.7 Å². The van der Waals surface area contributed by atoms with E-state index in [1.165, 1.54) is 27.9 Å². The summed E-state index contributed by atoms with van der Waals surface area (Å²) in [5.41, 5.74) is 2.16. The number of hydrogen-bond acceptors (Lipinski definition) is 4. The van der Waals surface area contributed by atoms with Gasteiger partial charge in [-0.3, -0.25) is 4.79 Å². The summed E-state index contributed by atoms with van der Waals surface area (Å²) in [6.07, 6.45) is 4.18. The van der Waals surface area contributed by atoms with Crippen LogP contribution in [0.5, 0.6) is 0 Å². The van der Waals surface area contributed by atoms with Gasteiger partial charge in [0, 0.05) is 22.4 Å². The molecule has 0 saturated heterocycles. The van der Waals surface area contributed by atoms with Crippen LogP contribution in [0, 0.1) is 6.92 Å². The minimum atomic E-state index is -0.0850. The Hall–Kier alpha value is -1.43. The van der Waals surface area contributed by atoms with Gasteiger partial charge in [0.15, 0.2) is 0 Å². The van der Waals surface area contributed by atoms with Crippen molar-refractivity contribution in [2.75, 3.05) is 6.54 Å². The van der Waals surface area contributed by atoms with Gasteiger partial charge < -0.3 is 10.4 Å². The fourth-order valence-electron chi connectivity index (χ4n) is 1.74. The minimum absolute atomic E-state index is 0.0384. The second-order valence-electron chi connectivity index (χ2n) is 4.42. The molecule has 0 unspecified atom stereocenters. The average Bonchev–Trinajstić information content (AvgIpc) is 3.06. The van der Waals surface area contributed by atoms with Crippen LogP contribution in [-0.4, -0.2) is 17.6 Å². The maximum absolute atomic E-state index is 11.7. The van der Waals surface area contributed by atoms with Crippen molar-refractivity contribution in [1.29, 1.82) is 0 Å². The summed E-state index contributed by atoms with van der Waals surface area (Å²) in [6.45, 7) is 2.77. The molecular weight excluding hydrogens is 290 g/mol. The third-order valence-electron chi connectivity index (χ3n) is 2.88. The lowest BCUT2D eigenvalue weighted by molar-refractivity contribution is -0.116. The van der Waals surface area contributed by atoms with Crippen molar-refractivity contribution in [1.82, 2.24) is 5.32 Å². The molecule has 0 spiro atoms. The molecule has 0 saturated carbocycles. The first-order chi connectivity index (χ1) is 9.69. The minimum Gasteiger partial charge on any atom is -0.392 e. The molecule has 2 rings (SSSR count). The van der Waals surface area contributed by atoms with Gasteiger partial charge in [-0.1, -0.05) is 0 Å². The van der Waals surface area contributed by atoms with Gasteiger partial charge in [0.25, 0.3) is 0 Å². The smallest absolute Gasteiger partial charge is 0.244 e. The number of carbonyl (C=O) groups excluding carboxylic acids is 1. The number of thiophene rings is 2. The number of hydrogen-bond donors (Lipinski definition) is 2. The Labute approximate surface area is 126 Å². The van der Waals surface area contributed by atoms with Crippen molar-refractivity contribution >= 4 is 34.7 Å². The highest BCUT2D eigenvalue weighted by molar-refractivity contribution is 7.11. The summed E-state index contributed by atoms with van der Waals surface area (Å²) in [4.78, 5) is 14.0. The molecule has 2 N–H and O–H groups in total. The summed E-state index contributed by atoms with van der Waals surface area (Å²) in [6, 6.07) is 3.97. The first kappa shape index (κ1) is 15.0. The third kappa shape index (κ3) is 4.30. The van der Waals surface area contributed by atoms with Crippen LogP contribution in [0.25, 0.3) is 6.08 Å². The van der Waals surface area contributed by atoms with Crippen molar-refractivity contribution in [3.8, 4) is 0 Å². The van der Waals surface area contributed by atoms with Gasteiger partial charge in [-0.05, 0) is 53.4 Å². The molecular formula is C15H17NO2S2. The summed E-state index contributed by atoms with van der Waals surface area (Å²) in [5, 5.41) is 15.8. The Bertz CT molecular complexity index is 599. The normalized spacial score (nSPS) is 11.1. The Kier molecular flexibility index (Phi) is 5.52. The highest BCUT2D eigenvalue weighted by atomic mass is 32.1. The van der Waals surface area contributed by atoms with Gasteiger partial charge >= 0.3 is 0 Å². The van der Waals surface area contributed by atoms with Crippen molar-refractivity contribution in [2.24, 2.45) is 0 Å². The highest BCUT2D eigenvalue weighted by Gasteiger charge is 2.01. The number of nitrogens with one attached hydrogen (secondary N) is 1. The molecule has 2 aromatic heterocycles. The molecule has 2 heterocycles. The molecule has 0 radical (unpaired) electrons. The van der Waals surface area contributed by atoms with Crippen LogP contribution < -0.4 is 5.32 Å². The first-order valence-electron chi connectivity index (χ1n) is 6.36. The molecule has 0 aliphatic heterocycles. The van der Waals surface area contributed by atoms with E-state index in [2.05, 4.69) is 23.7 Å². The monoisotopic (exact) mass is 307 g/mol. The SMILES string of the molecule is Cc1ccsc1CCNC(=O)C=Cc1cc(CO)cs1. The largest absolute Gasteiger partial charge is 0.392 e. The van der Waals surface area contributed by atoms with E-state index in [0.717, 1.165) is 16.9 Å². The maximum atomic E-state index is 11.7. The first-order valence-corrected chi connectivity index (χ1v) is 8.12. The lowest BCUT2D eigenvalue weighted by Gasteiger charge is -2.01. The summed E-state index contributed by atoms with van der Waals surface area (Å²) in [7, 11) is 0. The van der Waals surface area contributed by atoms with E-state index in [0.29, 0.717) is 6.54 Å². The van der Waals surface area contributed by atoms with Crippen molar-refractivity contribution in [3.63, 3.8) is 0 Å². The van der Waals surface area contributed by atoms with Gasteiger partial charge in [0.2, 0.25) is 5.91 Å². The van der Waals surface area contributed by atoms with Gasteiger partial charge in [-0.25, -0.2) is 0 Å². The summed E-state index contributed by atoms with van der Waals surface area (Å²) < 4.78 is 0. The third-order valence-corrected chi connectivity index (χ3v) is 4.90. The van der Waals surface area contributed by atoms with Gasteiger partial charge in [-0.15, -0.1) is 22.7 Å². The van der Waals surface area contributed by atoms with Gasteiger partial charge in [0.05, 0.1) is 6.61 Å². The number of amides is 1. The van der Waals surface area contributed by atoms with E-state index in [1.807, 2.05) is 11.4 Å². The Morgan fingerprint density at radius 2 is 2.30 bits per heavy atom. The van der Waals surface area contributed by atoms with E-state index >= 15 is 0 Å². The fraction of sp³-hybridized carbons (Fsp3) is 0.267. The molecule has 0 bridgehead atoms. The molecule has 0 aliphatic rings. The molecule has 5 heteroatoms. The zero-order valence-electron chi connectivity index (χ0n) is 11.3. The summed E-state index contributed by atoms with van der Waals surface area (Å²) in [5.74, 6) is -0.0850. The second-order valence-corrected chi connectivity index (χ2v) is 6.36. The van der Waals surface area contributed by atoms with Crippen LogP contribution in [0.15, 0.2) is 29.0 Å². The number of aryl methyl sites for hydroxylation is 1. The lowest BCUT2D eigenvalue weighted by atomic mass is 10.2. The molecule has 20 heavy (non-hydrogen) atoms. The van der Waals surface area contributed by atoms with Crippen molar-refractivity contribution in [2.45, 2.75) is 20.0 Å². The van der Waals surface area contributed by atoms with E-state index in [4.69, 9.17) is 5.11 Å². The summed E-state index contributed by atoms with van der Waals surface area (Å²) >= 11 is 3.24. The fourth-order valence-corrected chi connectivity index (χ4v) is 3.45. The Balaban J connectivity index is 1.76. The van der Waals surface area contributed by atoms with Gasteiger partial charge in [0.1, 0.15) is 0 Å². The van der Waals surface area contributed by atoms with Crippen molar-refractivity contribution in [3.05, 3.63) is 49.9 Å². The predicted molar refractivity (Wildman–Crippen MR) is 85.0 cm³/mol. The predicted octanol–water partition coefficient (Wildman–Crippen LogP) is 2.98. The Morgan fingerprint density at radius 3 is 2.95 bits per heavy atom. The van der Waals surface area contributed by atoms with Crippen LogP contribution in [0.3, 0.4) is 0 Å². The van der Waals surface area contributed by atoms with E-state index in [1.54, 1.807) is 17.4 Å². The quantitative estimate of drug-likeness (QED) is 0.806. The van der Waals surface area contributed by atoms with E-state index in [9.17, 15) is 4.79 Å². The van der Waals surface area contributed by atoms with Crippen LogP contribution in [-0.2, 0) is 17.8 Å². The number of rotatable bonds is 6. The van der Waals surface area contributed by atoms with Crippen LogP contribution in [0.2, 0.25) is 0 Å². The molecule has 0 atom stereocenters. The molecule has 106 valence electrons. The zero-order valence-corrected chi connectivity index (χ0v) is 12.9. The second kappa shape index (κ2) is 7.38. The molecule has 0 aromatic carbocycles. The van der Waals surface area contributed by atoms with Gasteiger partial charge in [-0.2, -0.15) is 0 Å². The number of carbonyl (C=O) groups is 1. The molecule has 0 aliphatic carbocycles. The van der Waals surface area contributed by atoms with Crippen LogP contribution in [0.4, 0.5) is 0 Å². The topological polar surface area (TPSA) is 49.3 Å². The van der Waals surface area contributed by atoms with Crippen LogP contribution in [0.1, 0.15) is 20.9 Å². The molecule has 0 fully saturated rings. The van der Waals surface area contributed by atoms with E-state index < -0.39 is 0 Å². The average molecular weight is 307 g/mol. The highest BCUT2D eigenvalue weighted by Crippen LogP contribution is 2.16. The van der Waals surface area contributed by atoms with E-state index in [-0.39, 0.29) is 12.5 Å². The molecule has 1 amide bonds. The number of aliphatic hydroxyl groups is 1.